The van der Waals surface area contributed by atoms with E-state index in [9.17, 15) is 4.79 Å². The molecular weight excluding hydrogens is 394 g/mol. The summed E-state index contributed by atoms with van der Waals surface area (Å²) in [5.74, 6) is 0. The van der Waals surface area contributed by atoms with Crippen LogP contribution in [0.3, 0.4) is 0 Å². The van der Waals surface area contributed by atoms with Crippen molar-refractivity contribution in [3.05, 3.63) is 33.8 Å². The fraction of sp³-hybridized carbons (Fsp3) is 0.526. The largest absolute Gasteiger partial charge is 0.444 e. The van der Waals surface area contributed by atoms with Crippen LogP contribution < -0.4 is 5.32 Å². The monoisotopic (exact) mass is 421 g/mol. The van der Waals surface area contributed by atoms with Crippen molar-refractivity contribution < 1.29 is 9.53 Å². The summed E-state index contributed by atoms with van der Waals surface area (Å²) in [6.45, 7) is 11.1. The first-order valence-electron chi connectivity index (χ1n) is 9.31. The SMILES string of the molecule is Cc1ccc(Nc2nn(CN3CCN(C(=O)OC(C)(C)C)CC3)c(=S)s2)cc1. The predicted octanol–water partition coefficient (Wildman–Crippen LogP) is 4.24. The molecule has 0 saturated carbocycles. The second kappa shape index (κ2) is 8.59. The van der Waals surface area contributed by atoms with Gasteiger partial charge in [0, 0.05) is 31.9 Å². The lowest BCUT2D eigenvalue weighted by Gasteiger charge is -2.35. The van der Waals surface area contributed by atoms with Gasteiger partial charge >= 0.3 is 6.09 Å². The van der Waals surface area contributed by atoms with Gasteiger partial charge in [-0.25, -0.2) is 9.48 Å². The lowest BCUT2D eigenvalue weighted by Crippen LogP contribution is -2.50. The van der Waals surface area contributed by atoms with Gasteiger partial charge in [-0.3, -0.25) is 4.90 Å². The van der Waals surface area contributed by atoms with Gasteiger partial charge in [-0.15, -0.1) is 5.10 Å². The average Bonchev–Trinajstić information content (AvgIpc) is 2.95. The van der Waals surface area contributed by atoms with E-state index in [2.05, 4.69) is 34.4 Å². The second-order valence-corrected chi connectivity index (χ2v) is 9.51. The summed E-state index contributed by atoms with van der Waals surface area (Å²) in [7, 11) is 0. The topological polar surface area (TPSA) is 62.6 Å². The standard InChI is InChI=1S/C19H27N5O2S2/c1-14-5-7-15(8-6-14)20-16-21-24(18(27)28-16)13-22-9-11-23(12-10-22)17(25)26-19(2,3)4/h5-8H,9-13H2,1-4H3,(H,20,21). The van der Waals surface area contributed by atoms with Gasteiger partial charge in [0.25, 0.3) is 0 Å². The van der Waals surface area contributed by atoms with Crippen molar-refractivity contribution in [2.45, 2.75) is 40.0 Å². The van der Waals surface area contributed by atoms with Crippen LogP contribution in [0.5, 0.6) is 0 Å². The maximum absolute atomic E-state index is 12.2. The quantitative estimate of drug-likeness (QED) is 0.745. The molecule has 1 saturated heterocycles. The minimum Gasteiger partial charge on any atom is -0.444 e. The van der Waals surface area contributed by atoms with Crippen LogP contribution in [0.4, 0.5) is 15.6 Å². The van der Waals surface area contributed by atoms with Crippen molar-refractivity contribution in [1.29, 1.82) is 0 Å². The molecule has 9 heteroatoms. The van der Waals surface area contributed by atoms with Crippen molar-refractivity contribution in [3.8, 4) is 0 Å². The van der Waals surface area contributed by atoms with Crippen LogP contribution in [0.25, 0.3) is 0 Å². The Balaban J connectivity index is 1.54. The maximum Gasteiger partial charge on any atom is 0.410 e. The summed E-state index contributed by atoms with van der Waals surface area (Å²) in [5, 5.41) is 8.68. The van der Waals surface area contributed by atoms with Crippen LogP contribution in [-0.4, -0.2) is 57.5 Å². The molecule has 1 N–H and O–H groups in total. The van der Waals surface area contributed by atoms with Gasteiger partial charge in [0.2, 0.25) is 5.13 Å². The van der Waals surface area contributed by atoms with E-state index in [1.54, 1.807) is 4.90 Å². The van der Waals surface area contributed by atoms with Crippen LogP contribution in [0.1, 0.15) is 26.3 Å². The molecule has 0 radical (unpaired) electrons. The van der Waals surface area contributed by atoms with E-state index in [-0.39, 0.29) is 6.09 Å². The average molecular weight is 422 g/mol. The van der Waals surface area contributed by atoms with Crippen LogP contribution in [-0.2, 0) is 11.4 Å². The van der Waals surface area contributed by atoms with Gasteiger partial charge in [0.05, 0.1) is 6.67 Å². The Labute approximate surface area is 174 Å². The Kier molecular flexibility index (Phi) is 6.36. The Morgan fingerprint density at radius 1 is 1.21 bits per heavy atom. The summed E-state index contributed by atoms with van der Waals surface area (Å²) < 4.78 is 8.00. The number of carbonyl (C=O) groups excluding carboxylic acids is 1. The molecule has 1 aliphatic heterocycles. The van der Waals surface area contributed by atoms with Gasteiger partial charge in [-0.05, 0) is 52.0 Å². The first-order valence-corrected chi connectivity index (χ1v) is 10.5. The van der Waals surface area contributed by atoms with Crippen molar-refractivity contribution in [2.75, 3.05) is 31.5 Å². The first-order chi connectivity index (χ1) is 13.2. The van der Waals surface area contributed by atoms with Gasteiger partial charge in [-0.2, -0.15) is 0 Å². The number of piperazine rings is 1. The van der Waals surface area contributed by atoms with E-state index in [4.69, 9.17) is 17.0 Å². The summed E-state index contributed by atoms with van der Waals surface area (Å²) in [5.41, 5.74) is 1.74. The lowest BCUT2D eigenvalue weighted by atomic mass is 10.2. The zero-order valence-corrected chi connectivity index (χ0v) is 18.4. The van der Waals surface area contributed by atoms with Gasteiger partial charge in [0.15, 0.2) is 3.95 Å². The maximum atomic E-state index is 12.2. The molecule has 1 aromatic heterocycles. The molecule has 0 bridgehead atoms. The normalized spacial score (nSPS) is 15.5. The van der Waals surface area contributed by atoms with Gasteiger partial charge in [0.1, 0.15) is 5.60 Å². The smallest absolute Gasteiger partial charge is 0.410 e. The highest BCUT2D eigenvalue weighted by molar-refractivity contribution is 7.73. The highest BCUT2D eigenvalue weighted by Crippen LogP contribution is 2.21. The molecule has 1 fully saturated rings. The number of anilines is 2. The number of rotatable bonds is 4. The molecule has 0 atom stereocenters. The molecule has 28 heavy (non-hydrogen) atoms. The highest BCUT2D eigenvalue weighted by Gasteiger charge is 2.26. The molecule has 0 unspecified atom stereocenters. The summed E-state index contributed by atoms with van der Waals surface area (Å²) in [6, 6.07) is 8.17. The number of amides is 1. The summed E-state index contributed by atoms with van der Waals surface area (Å²) in [4.78, 5) is 16.2. The Hall–Kier alpha value is -1.97. The number of hydrogen-bond acceptors (Lipinski definition) is 7. The molecule has 0 aliphatic carbocycles. The van der Waals surface area contributed by atoms with Crippen LogP contribution in [0.2, 0.25) is 0 Å². The molecular formula is C19H27N5O2S2. The van der Waals surface area contributed by atoms with Crippen molar-refractivity contribution >= 4 is 40.5 Å². The number of ether oxygens (including phenoxy) is 1. The lowest BCUT2D eigenvalue weighted by molar-refractivity contribution is 0.0114. The molecule has 0 spiro atoms. The van der Waals surface area contributed by atoms with E-state index in [1.165, 1.54) is 16.9 Å². The van der Waals surface area contributed by atoms with Crippen molar-refractivity contribution in [3.63, 3.8) is 0 Å². The van der Waals surface area contributed by atoms with Crippen LogP contribution in [0.15, 0.2) is 24.3 Å². The van der Waals surface area contributed by atoms with Crippen molar-refractivity contribution in [2.24, 2.45) is 0 Å². The summed E-state index contributed by atoms with van der Waals surface area (Å²) in [6.07, 6.45) is -0.248. The van der Waals surface area contributed by atoms with E-state index in [0.717, 1.165) is 27.9 Å². The fourth-order valence-electron chi connectivity index (χ4n) is 2.79. The molecule has 1 aliphatic rings. The summed E-state index contributed by atoms with van der Waals surface area (Å²) >= 11 is 6.93. The molecule has 1 aromatic carbocycles. The predicted molar refractivity (Wildman–Crippen MR) is 115 cm³/mol. The second-order valence-electron chi connectivity index (χ2n) is 7.89. The van der Waals surface area contributed by atoms with E-state index in [0.29, 0.717) is 19.8 Å². The zero-order valence-electron chi connectivity index (χ0n) is 16.8. The van der Waals surface area contributed by atoms with Gasteiger partial charge < -0.3 is 15.0 Å². The molecule has 7 nitrogen and oxygen atoms in total. The molecule has 2 heterocycles. The number of aromatic nitrogens is 2. The minimum absolute atomic E-state index is 0.248. The number of benzene rings is 1. The van der Waals surface area contributed by atoms with Gasteiger partial charge in [-0.1, -0.05) is 29.0 Å². The third-order valence-corrected chi connectivity index (χ3v) is 5.49. The van der Waals surface area contributed by atoms with Crippen LogP contribution in [0, 0.1) is 10.9 Å². The molecule has 152 valence electrons. The first kappa shape index (κ1) is 20.8. The minimum atomic E-state index is -0.469. The van der Waals surface area contributed by atoms with E-state index >= 15 is 0 Å². The number of hydrogen-bond donors (Lipinski definition) is 1. The van der Waals surface area contributed by atoms with Crippen LogP contribution >= 0.6 is 23.6 Å². The third kappa shape index (κ3) is 5.76. The Morgan fingerprint density at radius 3 is 2.46 bits per heavy atom. The number of carbonyl (C=O) groups is 1. The zero-order chi connectivity index (χ0) is 20.3. The Morgan fingerprint density at radius 2 is 1.86 bits per heavy atom. The van der Waals surface area contributed by atoms with E-state index < -0.39 is 5.60 Å². The van der Waals surface area contributed by atoms with Crippen molar-refractivity contribution in [1.82, 2.24) is 19.6 Å². The molecule has 2 aromatic rings. The number of aryl methyl sites for hydroxylation is 1. The highest BCUT2D eigenvalue weighted by atomic mass is 32.1. The number of nitrogens with one attached hydrogen (secondary N) is 1. The third-order valence-electron chi connectivity index (χ3n) is 4.27. The molecule has 3 rings (SSSR count). The molecule has 1 amide bonds. The fourth-order valence-corrected chi connectivity index (χ4v) is 3.81. The van der Waals surface area contributed by atoms with E-state index in [1.807, 2.05) is 37.6 Å². The Bertz CT molecular complexity index is 862. The number of nitrogens with zero attached hydrogens (tertiary/aromatic N) is 4.